The van der Waals surface area contributed by atoms with Crippen LogP contribution >= 0.6 is 23.2 Å². The number of carbonyl (C=O) groups excluding carboxylic acids is 1. The largest absolute Gasteiger partial charge is 0.360 e. The Hall–Kier alpha value is -1.63. The first-order chi connectivity index (χ1) is 13.2. The fraction of sp³-hybridized carbons (Fsp3) is 0.550. The summed E-state index contributed by atoms with van der Waals surface area (Å²) in [7, 11) is 0. The number of halogens is 2. The first kappa shape index (κ1) is 21.1. The summed E-state index contributed by atoms with van der Waals surface area (Å²) >= 11 is 12.1. The molecular formula is C20H27Cl2N5O. The lowest BCUT2D eigenvalue weighted by molar-refractivity contribution is -0.120. The van der Waals surface area contributed by atoms with Crippen molar-refractivity contribution in [1.82, 2.24) is 20.6 Å². The lowest BCUT2D eigenvalue weighted by Gasteiger charge is -2.34. The Morgan fingerprint density at radius 2 is 1.79 bits per heavy atom. The molecule has 1 aliphatic carbocycles. The van der Waals surface area contributed by atoms with Crippen molar-refractivity contribution >= 4 is 45.8 Å². The molecule has 0 saturated heterocycles. The predicted molar refractivity (Wildman–Crippen MR) is 115 cm³/mol. The fourth-order valence-corrected chi connectivity index (χ4v) is 3.99. The van der Waals surface area contributed by atoms with Gasteiger partial charge in [-0.1, -0.05) is 11.6 Å². The molecular weight excluding hydrogens is 397 g/mol. The van der Waals surface area contributed by atoms with E-state index in [4.69, 9.17) is 23.2 Å². The van der Waals surface area contributed by atoms with Gasteiger partial charge in [0, 0.05) is 28.0 Å². The van der Waals surface area contributed by atoms with E-state index in [1.807, 2.05) is 0 Å². The normalized spacial score (nSPS) is 20.2. The molecule has 6 nitrogen and oxygen atoms in total. The van der Waals surface area contributed by atoms with Gasteiger partial charge in [0.1, 0.15) is 5.82 Å². The third-order valence-corrected chi connectivity index (χ3v) is 5.18. The van der Waals surface area contributed by atoms with E-state index in [9.17, 15) is 4.79 Å². The maximum atomic E-state index is 12.4. The van der Waals surface area contributed by atoms with E-state index < -0.39 is 0 Å². The Kier molecular flexibility index (Phi) is 6.63. The molecule has 1 amide bonds. The highest BCUT2D eigenvalue weighted by atomic mass is 35.5. The van der Waals surface area contributed by atoms with Crippen LogP contribution in [-0.2, 0) is 4.79 Å². The summed E-state index contributed by atoms with van der Waals surface area (Å²) in [4.78, 5) is 20.8. The smallest absolute Gasteiger partial charge is 0.239 e. The van der Waals surface area contributed by atoms with Gasteiger partial charge >= 0.3 is 0 Å². The molecule has 0 bridgehead atoms. The molecule has 8 heteroatoms. The Balaban J connectivity index is 1.53. The molecule has 28 heavy (non-hydrogen) atoms. The van der Waals surface area contributed by atoms with Crippen molar-refractivity contribution in [3.8, 4) is 0 Å². The van der Waals surface area contributed by atoms with E-state index in [-0.39, 0.29) is 29.3 Å². The van der Waals surface area contributed by atoms with Gasteiger partial charge in [-0.05, 0) is 76.3 Å². The molecule has 0 spiro atoms. The summed E-state index contributed by atoms with van der Waals surface area (Å²) in [6.07, 6.45) is 4.11. The van der Waals surface area contributed by atoms with E-state index in [0.29, 0.717) is 22.4 Å². The molecule has 1 aliphatic rings. The average Bonchev–Trinajstić information content (AvgIpc) is 2.60. The molecule has 1 heterocycles. The highest BCUT2D eigenvalue weighted by Gasteiger charge is 2.25. The Morgan fingerprint density at radius 3 is 2.46 bits per heavy atom. The average molecular weight is 424 g/mol. The summed E-state index contributed by atoms with van der Waals surface area (Å²) in [6.45, 7) is 6.67. The number of nitrogens with one attached hydrogen (secondary N) is 3. The zero-order chi connectivity index (χ0) is 20.3. The van der Waals surface area contributed by atoms with Gasteiger partial charge < -0.3 is 16.0 Å². The molecule has 3 rings (SSSR count). The maximum absolute atomic E-state index is 12.4. The van der Waals surface area contributed by atoms with Crippen LogP contribution in [0.4, 0.5) is 5.82 Å². The third kappa shape index (κ3) is 5.93. The molecule has 152 valence electrons. The van der Waals surface area contributed by atoms with Gasteiger partial charge in [-0.2, -0.15) is 0 Å². The van der Waals surface area contributed by atoms with Crippen molar-refractivity contribution < 1.29 is 4.79 Å². The van der Waals surface area contributed by atoms with Gasteiger partial charge in [0.15, 0.2) is 0 Å². The highest BCUT2D eigenvalue weighted by molar-refractivity contribution is 6.31. The number of carbonyl (C=O) groups is 1. The molecule has 0 unspecified atom stereocenters. The summed E-state index contributed by atoms with van der Waals surface area (Å²) in [5, 5.41) is 11.3. The zero-order valence-electron chi connectivity index (χ0n) is 16.5. The first-order valence-electron chi connectivity index (χ1n) is 9.63. The predicted octanol–water partition coefficient (Wildman–Crippen LogP) is 4.16. The van der Waals surface area contributed by atoms with E-state index in [1.165, 1.54) is 0 Å². The van der Waals surface area contributed by atoms with Crippen LogP contribution in [0.5, 0.6) is 0 Å². The van der Waals surface area contributed by atoms with Crippen LogP contribution < -0.4 is 16.0 Å². The zero-order valence-corrected chi connectivity index (χ0v) is 18.0. The summed E-state index contributed by atoms with van der Waals surface area (Å²) in [5.41, 5.74) is 0.798. The van der Waals surface area contributed by atoms with Crippen LogP contribution in [0.1, 0.15) is 46.5 Å². The Labute approximate surface area is 175 Å². The summed E-state index contributed by atoms with van der Waals surface area (Å²) in [5.74, 6) is 0.447. The highest BCUT2D eigenvalue weighted by Crippen LogP contribution is 2.25. The van der Waals surface area contributed by atoms with Crippen LogP contribution in [0.2, 0.25) is 10.3 Å². The van der Waals surface area contributed by atoms with Crippen LogP contribution in [0.25, 0.3) is 10.9 Å². The number of anilines is 1. The first-order valence-corrected chi connectivity index (χ1v) is 10.4. The van der Waals surface area contributed by atoms with Gasteiger partial charge in [0.05, 0.1) is 12.1 Å². The summed E-state index contributed by atoms with van der Waals surface area (Å²) in [6, 6.07) is 6.02. The topological polar surface area (TPSA) is 78.9 Å². The molecule has 1 aromatic carbocycles. The van der Waals surface area contributed by atoms with Gasteiger partial charge in [-0.3, -0.25) is 4.79 Å². The SMILES string of the molecule is CC(C)(C)NC1CCC(NC(=O)CNc2nc(Cl)nc3ccc(Cl)cc23)CC1. The molecule has 1 saturated carbocycles. The molecule has 1 fully saturated rings. The van der Waals surface area contributed by atoms with E-state index in [0.717, 1.165) is 31.1 Å². The fourth-order valence-electron chi connectivity index (χ4n) is 3.64. The van der Waals surface area contributed by atoms with Crippen molar-refractivity contribution in [1.29, 1.82) is 0 Å². The van der Waals surface area contributed by atoms with Crippen molar-refractivity contribution in [2.45, 2.75) is 64.1 Å². The molecule has 2 aromatic rings. The van der Waals surface area contributed by atoms with E-state index >= 15 is 0 Å². The van der Waals surface area contributed by atoms with E-state index in [2.05, 4.69) is 46.7 Å². The standard InChI is InChI=1S/C20H27Cl2N5O/c1-20(2,3)27-14-7-5-13(6-8-14)24-17(28)11-23-18-15-10-12(21)4-9-16(15)25-19(22)26-18/h4,9-10,13-14,27H,5-8,11H2,1-3H3,(H,24,28)(H,23,25,26). The number of rotatable bonds is 5. The van der Waals surface area contributed by atoms with Gasteiger partial charge in [0.25, 0.3) is 0 Å². The minimum absolute atomic E-state index is 0.0582. The third-order valence-electron chi connectivity index (χ3n) is 4.78. The van der Waals surface area contributed by atoms with E-state index in [1.54, 1.807) is 18.2 Å². The van der Waals surface area contributed by atoms with Crippen molar-refractivity contribution in [3.05, 3.63) is 28.5 Å². The number of fused-ring (bicyclic) bond motifs is 1. The molecule has 0 aliphatic heterocycles. The lowest BCUT2D eigenvalue weighted by Crippen LogP contribution is -2.48. The Bertz CT molecular complexity index is 844. The number of hydrogen-bond acceptors (Lipinski definition) is 5. The molecule has 0 radical (unpaired) electrons. The minimum atomic E-state index is -0.0582. The monoisotopic (exact) mass is 423 g/mol. The number of nitrogens with zero attached hydrogens (tertiary/aromatic N) is 2. The minimum Gasteiger partial charge on any atom is -0.360 e. The van der Waals surface area contributed by atoms with Crippen molar-refractivity contribution in [3.63, 3.8) is 0 Å². The number of aromatic nitrogens is 2. The van der Waals surface area contributed by atoms with Crippen LogP contribution in [0, 0.1) is 0 Å². The van der Waals surface area contributed by atoms with Gasteiger partial charge in [-0.25, -0.2) is 9.97 Å². The molecule has 3 N–H and O–H groups in total. The second-order valence-corrected chi connectivity index (χ2v) is 9.14. The number of hydrogen-bond donors (Lipinski definition) is 3. The Morgan fingerprint density at radius 1 is 1.11 bits per heavy atom. The number of benzene rings is 1. The summed E-state index contributed by atoms with van der Waals surface area (Å²) < 4.78 is 0. The molecule has 0 atom stereocenters. The van der Waals surface area contributed by atoms with Crippen LogP contribution in [-0.4, -0.2) is 40.0 Å². The van der Waals surface area contributed by atoms with Crippen LogP contribution in [0.3, 0.4) is 0 Å². The van der Waals surface area contributed by atoms with Gasteiger partial charge in [-0.15, -0.1) is 0 Å². The molecule has 1 aromatic heterocycles. The van der Waals surface area contributed by atoms with Crippen molar-refractivity contribution in [2.24, 2.45) is 0 Å². The lowest BCUT2D eigenvalue weighted by atomic mass is 9.89. The number of amides is 1. The second-order valence-electron chi connectivity index (χ2n) is 8.37. The quantitative estimate of drug-likeness (QED) is 0.628. The maximum Gasteiger partial charge on any atom is 0.239 e. The van der Waals surface area contributed by atoms with Crippen molar-refractivity contribution in [2.75, 3.05) is 11.9 Å². The second kappa shape index (κ2) is 8.80. The van der Waals surface area contributed by atoms with Gasteiger partial charge in [0.2, 0.25) is 11.2 Å². The van der Waals surface area contributed by atoms with Crippen LogP contribution in [0.15, 0.2) is 18.2 Å².